The normalized spacial score (nSPS) is 11.6. The van der Waals surface area contributed by atoms with Crippen molar-refractivity contribution < 1.29 is 18.3 Å². The molecule has 0 radical (unpaired) electrons. The molecule has 1 aromatic carbocycles. The molecule has 0 saturated carbocycles. The van der Waals surface area contributed by atoms with Crippen LogP contribution in [0.5, 0.6) is 0 Å². The van der Waals surface area contributed by atoms with E-state index in [4.69, 9.17) is 5.11 Å². The second-order valence-corrected chi connectivity index (χ2v) is 6.75. The fourth-order valence-corrected chi connectivity index (χ4v) is 3.34. The molecule has 0 fully saturated rings. The maximum Gasteiger partial charge on any atom is 0.335 e. The van der Waals surface area contributed by atoms with Gasteiger partial charge in [-0.25, -0.2) is 13.2 Å². The summed E-state index contributed by atoms with van der Waals surface area (Å²) in [4.78, 5) is 11.0. The number of carboxylic acids is 1. The first kappa shape index (κ1) is 16.0. The van der Waals surface area contributed by atoms with E-state index >= 15 is 0 Å². The molecular weight excluding hydrogens is 308 g/mol. The highest BCUT2D eigenvalue weighted by atomic mass is 32.2. The van der Waals surface area contributed by atoms with Crippen LogP contribution in [0, 0.1) is 0 Å². The highest BCUT2D eigenvalue weighted by Crippen LogP contribution is 2.26. The molecule has 2 rings (SSSR count). The van der Waals surface area contributed by atoms with Gasteiger partial charge >= 0.3 is 5.97 Å². The van der Waals surface area contributed by atoms with Gasteiger partial charge in [-0.05, 0) is 23.6 Å². The Morgan fingerprint density at radius 3 is 2.55 bits per heavy atom. The molecule has 0 spiro atoms. The topological polar surface area (TPSA) is 114 Å². The van der Waals surface area contributed by atoms with E-state index in [0.717, 1.165) is 6.07 Å². The highest BCUT2D eigenvalue weighted by molar-refractivity contribution is 7.92. The van der Waals surface area contributed by atoms with Crippen LogP contribution in [0.3, 0.4) is 0 Å². The SMILES string of the molecule is CC(C)c1ccc(C(=O)O)cc1S(=O)(=O)Nc1cn(C)nn1. The highest BCUT2D eigenvalue weighted by Gasteiger charge is 2.23. The molecule has 0 saturated heterocycles. The summed E-state index contributed by atoms with van der Waals surface area (Å²) in [6.45, 7) is 3.66. The number of rotatable bonds is 5. The monoisotopic (exact) mass is 324 g/mol. The number of carbonyl (C=O) groups is 1. The lowest BCUT2D eigenvalue weighted by atomic mass is 10.0. The van der Waals surface area contributed by atoms with E-state index in [1.165, 1.54) is 23.0 Å². The Morgan fingerprint density at radius 2 is 2.05 bits per heavy atom. The number of nitrogens with one attached hydrogen (secondary N) is 1. The molecule has 0 unspecified atom stereocenters. The fraction of sp³-hybridized carbons (Fsp3) is 0.308. The van der Waals surface area contributed by atoms with Gasteiger partial charge in [-0.3, -0.25) is 9.40 Å². The van der Waals surface area contributed by atoms with E-state index < -0.39 is 16.0 Å². The standard InChI is InChI=1S/C13H16N4O4S/c1-8(2)10-5-4-9(13(18)19)6-11(10)22(20,21)15-12-7-17(3)16-14-12/h4-8,15H,1-3H3,(H,18,19). The van der Waals surface area contributed by atoms with Crippen molar-refractivity contribution in [3.8, 4) is 0 Å². The molecule has 8 nitrogen and oxygen atoms in total. The third kappa shape index (κ3) is 3.25. The zero-order valence-electron chi connectivity index (χ0n) is 12.3. The Kier molecular flexibility index (Phi) is 4.18. The molecule has 0 bridgehead atoms. The van der Waals surface area contributed by atoms with Crippen LogP contribution < -0.4 is 4.72 Å². The number of hydrogen-bond acceptors (Lipinski definition) is 5. The lowest BCUT2D eigenvalue weighted by Crippen LogP contribution is -2.17. The number of carboxylic acid groups (broad SMARTS) is 1. The molecular formula is C13H16N4O4S. The molecule has 0 aliphatic carbocycles. The number of sulfonamides is 1. The average Bonchev–Trinajstić information content (AvgIpc) is 2.82. The van der Waals surface area contributed by atoms with E-state index in [1.54, 1.807) is 7.05 Å². The van der Waals surface area contributed by atoms with Crippen LogP contribution in [0.1, 0.15) is 35.7 Å². The summed E-state index contributed by atoms with van der Waals surface area (Å²) < 4.78 is 28.7. The summed E-state index contributed by atoms with van der Waals surface area (Å²) in [6, 6.07) is 4.05. The molecule has 0 aliphatic heterocycles. The molecule has 0 atom stereocenters. The predicted molar refractivity (Wildman–Crippen MR) is 79.3 cm³/mol. The van der Waals surface area contributed by atoms with Crippen molar-refractivity contribution in [1.82, 2.24) is 15.0 Å². The maximum atomic E-state index is 12.5. The predicted octanol–water partition coefficient (Wildman–Crippen LogP) is 1.44. The molecule has 0 aliphatic rings. The van der Waals surface area contributed by atoms with Crippen molar-refractivity contribution in [2.45, 2.75) is 24.7 Å². The molecule has 0 amide bonds. The molecule has 2 N–H and O–H groups in total. The van der Waals surface area contributed by atoms with Crippen LogP contribution in [0.4, 0.5) is 5.82 Å². The average molecular weight is 324 g/mol. The minimum Gasteiger partial charge on any atom is -0.478 e. The Balaban J connectivity index is 2.52. The summed E-state index contributed by atoms with van der Waals surface area (Å²) in [5, 5.41) is 16.4. The summed E-state index contributed by atoms with van der Waals surface area (Å²) in [5.41, 5.74) is 0.435. The van der Waals surface area contributed by atoms with Gasteiger partial charge < -0.3 is 5.11 Å². The molecule has 2 aromatic rings. The van der Waals surface area contributed by atoms with Gasteiger partial charge in [-0.2, -0.15) is 0 Å². The second kappa shape index (κ2) is 5.76. The quantitative estimate of drug-likeness (QED) is 0.860. The third-order valence-electron chi connectivity index (χ3n) is 3.01. The Labute approximate surface area is 127 Å². The van der Waals surface area contributed by atoms with Crippen LogP contribution in [-0.2, 0) is 17.1 Å². The van der Waals surface area contributed by atoms with Crippen LogP contribution in [0.25, 0.3) is 0 Å². The number of anilines is 1. The minimum atomic E-state index is -3.96. The van der Waals surface area contributed by atoms with Crippen LogP contribution in [0.15, 0.2) is 29.3 Å². The van der Waals surface area contributed by atoms with Crippen molar-refractivity contribution in [1.29, 1.82) is 0 Å². The summed E-state index contributed by atoms with van der Waals surface area (Å²) >= 11 is 0. The lowest BCUT2D eigenvalue weighted by Gasteiger charge is -2.14. The molecule has 22 heavy (non-hydrogen) atoms. The van der Waals surface area contributed by atoms with Crippen molar-refractivity contribution in [3.05, 3.63) is 35.5 Å². The van der Waals surface area contributed by atoms with Crippen molar-refractivity contribution in [3.63, 3.8) is 0 Å². The Hall–Kier alpha value is -2.42. The largest absolute Gasteiger partial charge is 0.478 e. The number of benzene rings is 1. The van der Waals surface area contributed by atoms with Crippen molar-refractivity contribution >= 4 is 21.8 Å². The Bertz CT molecular complexity index is 811. The molecule has 118 valence electrons. The fourth-order valence-electron chi connectivity index (χ4n) is 1.96. The third-order valence-corrected chi connectivity index (χ3v) is 4.42. The second-order valence-electron chi connectivity index (χ2n) is 5.10. The lowest BCUT2D eigenvalue weighted by molar-refractivity contribution is 0.0696. The maximum absolute atomic E-state index is 12.5. The zero-order valence-corrected chi connectivity index (χ0v) is 13.1. The van der Waals surface area contributed by atoms with Crippen LogP contribution in [0.2, 0.25) is 0 Å². The zero-order chi connectivity index (χ0) is 16.5. The molecule has 9 heteroatoms. The van der Waals surface area contributed by atoms with Crippen LogP contribution in [-0.4, -0.2) is 34.5 Å². The first-order valence-electron chi connectivity index (χ1n) is 6.47. The molecule has 1 heterocycles. The van der Waals surface area contributed by atoms with Gasteiger partial charge in [0.2, 0.25) is 0 Å². The van der Waals surface area contributed by atoms with Gasteiger partial charge in [0, 0.05) is 7.05 Å². The van der Waals surface area contributed by atoms with E-state index in [2.05, 4.69) is 15.0 Å². The summed E-state index contributed by atoms with van der Waals surface area (Å²) in [6.07, 6.45) is 1.41. The van der Waals surface area contributed by atoms with Gasteiger partial charge in [0.1, 0.15) is 0 Å². The first-order chi connectivity index (χ1) is 10.2. The number of aryl methyl sites for hydroxylation is 1. The van der Waals surface area contributed by atoms with E-state index in [1.807, 2.05) is 13.8 Å². The first-order valence-corrected chi connectivity index (χ1v) is 7.95. The van der Waals surface area contributed by atoms with Gasteiger partial charge in [-0.1, -0.05) is 25.1 Å². The number of aromatic nitrogens is 3. The van der Waals surface area contributed by atoms with Crippen molar-refractivity contribution in [2.75, 3.05) is 4.72 Å². The number of aromatic carboxylic acids is 1. The van der Waals surface area contributed by atoms with Crippen molar-refractivity contribution in [2.24, 2.45) is 7.05 Å². The number of hydrogen-bond donors (Lipinski definition) is 2. The van der Waals surface area contributed by atoms with Gasteiger partial charge in [-0.15, -0.1) is 5.10 Å². The Morgan fingerprint density at radius 1 is 1.36 bits per heavy atom. The van der Waals surface area contributed by atoms with Crippen LogP contribution >= 0.6 is 0 Å². The summed E-state index contributed by atoms with van der Waals surface area (Å²) in [7, 11) is -2.35. The van der Waals surface area contributed by atoms with Gasteiger partial charge in [0.15, 0.2) is 5.82 Å². The van der Waals surface area contributed by atoms with E-state index in [9.17, 15) is 13.2 Å². The minimum absolute atomic E-state index is 0.0675. The number of nitrogens with zero attached hydrogens (tertiary/aromatic N) is 3. The molecule has 1 aromatic heterocycles. The van der Waals surface area contributed by atoms with Gasteiger partial charge in [0.25, 0.3) is 10.0 Å². The van der Waals surface area contributed by atoms with E-state index in [0.29, 0.717) is 5.56 Å². The van der Waals surface area contributed by atoms with Gasteiger partial charge in [0.05, 0.1) is 16.7 Å². The smallest absolute Gasteiger partial charge is 0.335 e. The van der Waals surface area contributed by atoms with E-state index in [-0.39, 0.29) is 22.2 Å². The summed E-state index contributed by atoms with van der Waals surface area (Å²) in [5.74, 6) is -1.21.